The molecule has 0 aliphatic rings. The van der Waals surface area contributed by atoms with Crippen LogP contribution in [-0.4, -0.2) is 32.6 Å². The fourth-order valence-electron chi connectivity index (χ4n) is 1.40. The predicted molar refractivity (Wildman–Crippen MR) is 60.4 cm³/mol. The lowest BCUT2D eigenvalue weighted by atomic mass is 10.1. The number of methoxy groups -OCH3 is 2. The number of ketones is 1. The molecule has 0 saturated carbocycles. The summed E-state index contributed by atoms with van der Waals surface area (Å²) < 4.78 is 41.1. The quantitative estimate of drug-likeness (QED) is 0.465. The number of carbonyl (C=O) groups excluding carboxylic acids is 2. The van der Waals surface area contributed by atoms with Crippen LogP contribution in [0.15, 0.2) is 6.07 Å². The summed E-state index contributed by atoms with van der Waals surface area (Å²) in [7, 11) is 2.31. The van der Waals surface area contributed by atoms with Crippen molar-refractivity contribution in [1.82, 2.24) is 0 Å². The molecule has 0 atom stereocenters. The van der Waals surface area contributed by atoms with Gasteiger partial charge < -0.3 is 14.2 Å². The zero-order valence-corrected chi connectivity index (χ0v) is 10.6. The number of hydrogen-bond acceptors (Lipinski definition) is 5. The first-order valence-corrected chi connectivity index (χ1v) is 5.29. The Balaban J connectivity index is 3.33. The van der Waals surface area contributed by atoms with Crippen LogP contribution in [0.4, 0.5) is 8.78 Å². The molecule has 0 aliphatic carbocycles. The average molecular weight is 274 g/mol. The molecule has 19 heavy (non-hydrogen) atoms. The molecular formula is C12H12F2O5. The largest absolute Gasteiger partial charge is 0.493 e. The summed E-state index contributed by atoms with van der Waals surface area (Å²) in [5, 5.41) is 0. The highest BCUT2D eigenvalue weighted by atomic mass is 19.2. The normalized spacial score (nSPS) is 9.95. The van der Waals surface area contributed by atoms with Gasteiger partial charge in [0.05, 0.1) is 26.4 Å². The van der Waals surface area contributed by atoms with E-state index in [9.17, 15) is 18.4 Å². The highest BCUT2D eigenvalue weighted by molar-refractivity contribution is 6.40. The van der Waals surface area contributed by atoms with Crippen LogP contribution in [0.3, 0.4) is 0 Å². The molecule has 1 aromatic carbocycles. The summed E-state index contributed by atoms with van der Waals surface area (Å²) in [4.78, 5) is 22.8. The van der Waals surface area contributed by atoms with Gasteiger partial charge in [0.1, 0.15) is 0 Å². The van der Waals surface area contributed by atoms with E-state index in [-0.39, 0.29) is 12.4 Å². The molecular weight excluding hydrogens is 262 g/mol. The summed E-state index contributed by atoms with van der Waals surface area (Å²) in [6, 6.07) is 0.885. The van der Waals surface area contributed by atoms with E-state index in [1.54, 1.807) is 0 Å². The number of esters is 1. The minimum atomic E-state index is -1.49. The monoisotopic (exact) mass is 274 g/mol. The van der Waals surface area contributed by atoms with Gasteiger partial charge in [0, 0.05) is 0 Å². The smallest absolute Gasteiger partial charge is 0.379 e. The number of carbonyl (C=O) groups is 2. The predicted octanol–water partition coefficient (Wildman–Crippen LogP) is 1.73. The van der Waals surface area contributed by atoms with Crippen LogP contribution in [0.2, 0.25) is 0 Å². The first-order valence-electron chi connectivity index (χ1n) is 5.29. The van der Waals surface area contributed by atoms with Crippen molar-refractivity contribution in [3.8, 4) is 11.5 Å². The molecule has 0 aromatic heterocycles. The Morgan fingerprint density at radius 2 is 1.79 bits per heavy atom. The van der Waals surface area contributed by atoms with Crippen LogP contribution in [0.5, 0.6) is 11.5 Å². The van der Waals surface area contributed by atoms with Gasteiger partial charge in [-0.3, -0.25) is 4.79 Å². The molecule has 0 heterocycles. The van der Waals surface area contributed by atoms with Gasteiger partial charge in [0.25, 0.3) is 5.78 Å². The molecule has 5 nitrogen and oxygen atoms in total. The maximum Gasteiger partial charge on any atom is 0.379 e. The van der Waals surface area contributed by atoms with Gasteiger partial charge in [-0.15, -0.1) is 0 Å². The number of benzene rings is 1. The molecule has 104 valence electrons. The van der Waals surface area contributed by atoms with Gasteiger partial charge >= 0.3 is 5.97 Å². The second-order valence-corrected chi connectivity index (χ2v) is 3.34. The maximum atomic E-state index is 13.7. The van der Waals surface area contributed by atoms with Gasteiger partial charge in [-0.1, -0.05) is 0 Å². The summed E-state index contributed by atoms with van der Waals surface area (Å²) in [6.07, 6.45) is 0. The molecule has 0 fully saturated rings. The van der Waals surface area contributed by atoms with Gasteiger partial charge in [0.15, 0.2) is 17.3 Å². The molecule has 1 rings (SSSR count). The van der Waals surface area contributed by atoms with E-state index in [1.807, 2.05) is 0 Å². The minimum absolute atomic E-state index is 0.0536. The van der Waals surface area contributed by atoms with Crippen molar-refractivity contribution in [2.24, 2.45) is 0 Å². The Kier molecular flexibility index (Phi) is 4.80. The van der Waals surface area contributed by atoms with Crippen LogP contribution in [-0.2, 0) is 9.53 Å². The minimum Gasteiger partial charge on any atom is -0.493 e. The Morgan fingerprint density at radius 1 is 1.16 bits per heavy atom. The van der Waals surface area contributed by atoms with E-state index >= 15 is 0 Å². The Hall–Kier alpha value is -2.18. The topological polar surface area (TPSA) is 61.8 Å². The van der Waals surface area contributed by atoms with Crippen LogP contribution >= 0.6 is 0 Å². The number of hydrogen-bond donors (Lipinski definition) is 0. The average Bonchev–Trinajstić information content (AvgIpc) is 2.41. The lowest BCUT2D eigenvalue weighted by Crippen LogP contribution is -2.19. The van der Waals surface area contributed by atoms with Gasteiger partial charge in [-0.25, -0.2) is 9.18 Å². The fraction of sp³-hybridized carbons (Fsp3) is 0.333. The van der Waals surface area contributed by atoms with Crippen molar-refractivity contribution in [3.63, 3.8) is 0 Å². The van der Waals surface area contributed by atoms with Crippen molar-refractivity contribution >= 4 is 11.8 Å². The number of halogens is 2. The van der Waals surface area contributed by atoms with E-state index in [0.29, 0.717) is 0 Å². The first-order chi connectivity index (χ1) is 8.97. The zero-order valence-electron chi connectivity index (χ0n) is 10.6. The van der Waals surface area contributed by atoms with Gasteiger partial charge in [-0.2, -0.15) is 4.39 Å². The molecule has 0 N–H and O–H groups in total. The molecule has 7 heteroatoms. The molecule has 0 bridgehead atoms. The highest BCUT2D eigenvalue weighted by Crippen LogP contribution is 2.34. The van der Waals surface area contributed by atoms with Crippen molar-refractivity contribution in [1.29, 1.82) is 0 Å². The zero-order chi connectivity index (χ0) is 14.6. The Morgan fingerprint density at radius 3 is 2.26 bits per heavy atom. The van der Waals surface area contributed by atoms with Crippen LogP contribution in [0, 0.1) is 11.6 Å². The summed E-state index contributed by atoms with van der Waals surface area (Å²) in [5.41, 5.74) is -0.770. The van der Waals surface area contributed by atoms with Crippen molar-refractivity contribution in [3.05, 3.63) is 23.3 Å². The summed E-state index contributed by atoms with van der Waals surface area (Å²) in [5.74, 6) is -6.15. The maximum absolute atomic E-state index is 13.7. The third kappa shape index (κ3) is 2.81. The molecule has 1 aromatic rings. The molecule has 0 saturated heterocycles. The molecule has 0 amide bonds. The standard InChI is InChI=1S/C12H12F2O5/c1-4-19-12(16)10(15)6-5-7(17-2)11(18-3)9(14)8(6)13/h5H,4H2,1-3H3. The van der Waals surface area contributed by atoms with E-state index in [4.69, 9.17) is 4.74 Å². The summed E-state index contributed by atoms with van der Waals surface area (Å²) >= 11 is 0. The van der Waals surface area contributed by atoms with E-state index in [1.165, 1.54) is 14.0 Å². The third-order valence-electron chi connectivity index (χ3n) is 2.26. The molecule has 0 aliphatic heterocycles. The summed E-state index contributed by atoms with van der Waals surface area (Å²) in [6.45, 7) is 1.43. The molecule has 0 unspecified atom stereocenters. The van der Waals surface area contributed by atoms with E-state index in [2.05, 4.69) is 9.47 Å². The lowest BCUT2D eigenvalue weighted by Gasteiger charge is -2.11. The van der Waals surface area contributed by atoms with Crippen LogP contribution in [0.1, 0.15) is 17.3 Å². The van der Waals surface area contributed by atoms with Crippen LogP contribution < -0.4 is 9.47 Å². The fourth-order valence-corrected chi connectivity index (χ4v) is 1.40. The van der Waals surface area contributed by atoms with E-state index in [0.717, 1.165) is 13.2 Å². The van der Waals surface area contributed by atoms with Crippen LogP contribution in [0.25, 0.3) is 0 Å². The third-order valence-corrected chi connectivity index (χ3v) is 2.26. The van der Waals surface area contributed by atoms with Crippen molar-refractivity contribution in [2.45, 2.75) is 6.92 Å². The van der Waals surface area contributed by atoms with Gasteiger partial charge in [0.2, 0.25) is 5.82 Å². The SMILES string of the molecule is CCOC(=O)C(=O)c1cc(OC)c(OC)c(F)c1F. The van der Waals surface area contributed by atoms with Gasteiger partial charge in [-0.05, 0) is 13.0 Å². The van der Waals surface area contributed by atoms with E-state index < -0.39 is 34.7 Å². The highest BCUT2D eigenvalue weighted by Gasteiger charge is 2.28. The van der Waals surface area contributed by atoms with Crippen molar-refractivity contribution in [2.75, 3.05) is 20.8 Å². The number of rotatable bonds is 5. The number of ether oxygens (including phenoxy) is 3. The number of Topliss-reactive ketones (excluding diaryl/α,β-unsaturated/α-hetero) is 1. The Labute approximate surface area is 108 Å². The second-order valence-electron chi connectivity index (χ2n) is 3.34. The lowest BCUT2D eigenvalue weighted by molar-refractivity contribution is -0.137. The Bertz CT molecular complexity index is 513. The second kappa shape index (κ2) is 6.12. The molecule has 0 spiro atoms. The molecule has 0 radical (unpaired) electrons. The first kappa shape index (κ1) is 14.9. The van der Waals surface area contributed by atoms with Crippen molar-refractivity contribution < 1.29 is 32.6 Å².